The maximum atomic E-state index is 5.37. The first-order valence-corrected chi connectivity index (χ1v) is 6.49. The molecule has 5 nitrogen and oxygen atoms in total. The van der Waals surface area contributed by atoms with E-state index in [2.05, 4.69) is 22.3 Å². The van der Waals surface area contributed by atoms with Crippen LogP contribution in [0.5, 0.6) is 0 Å². The van der Waals surface area contributed by atoms with E-state index in [4.69, 9.17) is 4.74 Å². The van der Waals surface area contributed by atoms with Gasteiger partial charge in [0.25, 0.3) is 0 Å². The lowest BCUT2D eigenvalue weighted by Gasteiger charge is -2.22. The third-order valence-corrected chi connectivity index (χ3v) is 3.34. The first kappa shape index (κ1) is 12.2. The molecular formula is C14H17N4O. The van der Waals surface area contributed by atoms with Gasteiger partial charge in [-0.05, 0) is 31.9 Å². The average Bonchev–Trinajstić information content (AvgIpc) is 2.91. The average molecular weight is 257 g/mol. The Bertz CT molecular complexity index is 546. The Hall–Kier alpha value is -1.88. The Kier molecular flexibility index (Phi) is 3.46. The molecule has 0 aromatic carbocycles. The Labute approximate surface area is 112 Å². The lowest BCUT2D eigenvalue weighted by molar-refractivity contribution is 0.0662. The van der Waals surface area contributed by atoms with Gasteiger partial charge in [0.05, 0.1) is 29.3 Å². The monoisotopic (exact) mass is 257 g/mol. The van der Waals surface area contributed by atoms with Crippen LogP contribution in [0.1, 0.15) is 24.6 Å². The van der Waals surface area contributed by atoms with Crippen molar-refractivity contribution in [3.63, 3.8) is 0 Å². The molecule has 0 bridgehead atoms. The molecule has 3 heterocycles. The minimum absolute atomic E-state index is 0.442. The summed E-state index contributed by atoms with van der Waals surface area (Å²) in [5.41, 5.74) is 2.61. The third kappa shape index (κ3) is 2.76. The van der Waals surface area contributed by atoms with Crippen LogP contribution in [-0.2, 0) is 4.74 Å². The van der Waals surface area contributed by atoms with Gasteiger partial charge in [-0.15, -0.1) is 0 Å². The van der Waals surface area contributed by atoms with Crippen molar-refractivity contribution >= 4 is 11.4 Å². The van der Waals surface area contributed by atoms with E-state index >= 15 is 0 Å². The third-order valence-electron chi connectivity index (χ3n) is 3.34. The molecule has 1 fully saturated rings. The molecule has 0 aliphatic carbocycles. The number of nitrogens with zero attached hydrogens (tertiary/aromatic N) is 3. The molecule has 5 heteroatoms. The van der Waals surface area contributed by atoms with Gasteiger partial charge < -0.3 is 10.1 Å². The molecular weight excluding hydrogens is 240 g/mol. The molecule has 2 aromatic heterocycles. The highest BCUT2D eigenvalue weighted by atomic mass is 16.5. The number of hydrogen-bond acceptors (Lipinski definition) is 4. The van der Waals surface area contributed by atoms with Crippen LogP contribution in [0.3, 0.4) is 0 Å². The van der Waals surface area contributed by atoms with Crippen molar-refractivity contribution in [1.29, 1.82) is 0 Å². The van der Waals surface area contributed by atoms with E-state index in [1.54, 1.807) is 6.20 Å². The Morgan fingerprint density at radius 2 is 2.21 bits per heavy atom. The fourth-order valence-corrected chi connectivity index (χ4v) is 2.26. The van der Waals surface area contributed by atoms with E-state index in [-0.39, 0.29) is 0 Å². The van der Waals surface area contributed by atoms with Gasteiger partial charge in [-0.1, -0.05) is 0 Å². The molecule has 19 heavy (non-hydrogen) atoms. The summed E-state index contributed by atoms with van der Waals surface area (Å²) >= 11 is 0. The number of nitrogens with one attached hydrogen (secondary N) is 1. The van der Waals surface area contributed by atoms with Crippen LogP contribution in [0.2, 0.25) is 0 Å². The van der Waals surface area contributed by atoms with Gasteiger partial charge in [-0.3, -0.25) is 9.67 Å². The lowest BCUT2D eigenvalue weighted by atomic mass is 10.1. The zero-order valence-corrected chi connectivity index (χ0v) is 10.7. The number of aromatic nitrogens is 3. The zero-order chi connectivity index (χ0) is 13.1. The number of anilines is 2. The quantitative estimate of drug-likeness (QED) is 0.918. The Balaban J connectivity index is 1.73. The highest BCUT2D eigenvalue weighted by Gasteiger charge is 2.16. The molecule has 0 spiro atoms. The molecule has 0 amide bonds. The summed E-state index contributed by atoms with van der Waals surface area (Å²) in [5.74, 6) is 0. The van der Waals surface area contributed by atoms with E-state index in [0.717, 1.165) is 43.1 Å². The minimum atomic E-state index is 0.442. The molecule has 1 aliphatic rings. The maximum absolute atomic E-state index is 5.37. The fourth-order valence-electron chi connectivity index (χ4n) is 2.26. The highest BCUT2D eigenvalue weighted by molar-refractivity contribution is 5.60. The van der Waals surface area contributed by atoms with Crippen LogP contribution in [0, 0.1) is 6.92 Å². The number of pyridine rings is 1. The summed E-state index contributed by atoms with van der Waals surface area (Å²) in [4.78, 5) is 4.15. The second-order valence-corrected chi connectivity index (χ2v) is 4.68. The van der Waals surface area contributed by atoms with Crippen molar-refractivity contribution in [3.8, 4) is 0 Å². The smallest absolute Gasteiger partial charge is 0.0771 e. The van der Waals surface area contributed by atoms with E-state index in [9.17, 15) is 0 Å². The molecule has 1 saturated heterocycles. The van der Waals surface area contributed by atoms with Crippen LogP contribution in [0.15, 0.2) is 30.7 Å². The van der Waals surface area contributed by atoms with Gasteiger partial charge in [0, 0.05) is 25.6 Å². The summed E-state index contributed by atoms with van der Waals surface area (Å²) in [6, 6.07) is 4.29. The second-order valence-electron chi connectivity index (χ2n) is 4.68. The number of rotatable bonds is 3. The molecule has 0 unspecified atom stereocenters. The first-order chi connectivity index (χ1) is 9.33. The molecule has 1 radical (unpaired) electrons. The molecule has 2 aromatic rings. The van der Waals surface area contributed by atoms with Gasteiger partial charge in [0.15, 0.2) is 0 Å². The van der Waals surface area contributed by atoms with Crippen molar-refractivity contribution in [2.75, 3.05) is 18.5 Å². The van der Waals surface area contributed by atoms with Crippen molar-refractivity contribution in [2.24, 2.45) is 0 Å². The highest BCUT2D eigenvalue weighted by Crippen LogP contribution is 2.23. The summed E-state index contributed by atoms with van der Waals surface area (Å²) < 4.78 is 7.38. The largest absolute Gasteiger partial charge is 0.381 e. The molecule has 0 saturated carbocycles. The summed E-state index contributed by atoms with van der Waals surface area (Å²) in [5, 5.41) is 7.72. The summed E-state index contributed by atoms with van der Waals surface area (Å²) in [6.45, 7) is 5.53. The van der Waals surface area contributed by atoms with Gasteiger partial charge in [0.2, 0.25) is 0 Å². The zero-order valence-electron chi connectivity index (χ0n) is 10.7. The maximum Gasteiger partial charge on any atom is 0.0771 e. The molecule has 1 aliphatic heterocycles. The molecule has 1 N–H and O–H groups in total. The van der Waals surface area contributed by atoms with Crippen molar-refractivity contribution < 1.29 is 4.74 Å². The molecule has 0 atom stereocenters. The van der Waals surface area contributed by atoms with E-state index in [0.29, 0.717) is 6.04 Å². The van der Waals surface area contributed by atoms with E-state index in [1.807, 2.05) is 29.2 Å². The Morgan fingerprint density at radius 1 is 1.37 bits per heavy atom. The molecule has 3 rings (SSSR count). The first-order valence-electron chi connectivity index (χ1n) is 6.49. The van der Waals surface area contributed by atoms with Gasteiger partial charge >= 0.3 is 0 Å². The lowest BCUT2D eigenvalue weighted by Crippen LogP contribution is -2.19. The van der Waals surface area contributed by atoms with Gasteiger partial charge in [0.1, 0.15) is 0 Å². The van der Waals surface area contributed by atoms with Crippen molar-refractivity contribution in [3.05, 3.63) is 43.3 Å². The van der Waals surface area contributed by atoms with Crippen molar-refractivity contribution in [2.45, 2.75) is 18.9 Å². The van der Waals surface area contributed by atoms with Gasteiger partial charge in [-0.2, -0.15) is 5.10 Å². The normalized spacial score (nSPS) is 16.5. The SMILES string of the molecule is [CH2]c1ncccc1Nc1cnn(C2CCOCC2)c1. The Morgan fingerprint density at radius 3 is 3.00 bits per heavy atom. The molecule has 99 valence electrons. The van der Waals surface area contributed by atoms with E-state index < -0.39 is 0 Å². The van der Waals surface area contributed by atoms with Crippen molar-refractivity contribution in [1.82, 2.24) is 14.8 Å². The summed E-state index contributed by atoms with van der Waals surface area (Å²) in [6.07, 6.45) is 7.65. The topological polar surface area (TPSA) is 52.0 Å². The standard InChI is InChI=1S/C14H17N4O/c1-11-14(3-2-6-15-11)17-12-9-16-18(10-12)13-4-7-19-8-5-13/h2-3,6,9-10,13,17H,1,4-5,7-8H2. The fraction of sp³-hybridized carbons (Fsp3) is 0.357. The minimum Gasteiger partial charge on any atom is -0.381 e. The van der Waals surface area contributed by atoms with Crippen LogP contribution in [0.4, 0.5) is 11.4 Å². The predicted octanol–water partition coefficient (Wildman–Crippen LogP) is 2.56. The van der Waals surface area contributed by atoms with Crippen LogP contribution < -0.4 is 5.32 Å². The van der Waals surface area contributed by atoms with Crippen LogP contribution >= 0.6 is 0 Å². The van der Waals surface area contributed by atoms with Crippen LogP contribution in [-0.4, -0.2) is 28.0 Å². The number of hydrogen-bond donors (Lipinski definition) is 1. The second kappa shape index (κ2) is 5.40. The summed E-state index contributed by atoms with van der Waals surface area (Å²) in [7, 11) is 0. The van der Waals surface area contributed by atoms with E-state index in [1.165, 1.54) is 0 Å². The van der Waals surface area contributed by atoms with Crippen LogP contribution in [0.25, 0.3) is 0 Å². The predicted molar refractivity (Wildman–Crippen MR) is 73.3 cm³/mol. The van der Waals surface area contributed by atoms with Gasteiger partial charge in [-0.25, -0.2) is 0 Å². The number of ether oxygens (including phenoxy) is 1.